The van der Waals surface area contributed by atoms with E-state index in [1.165, 1.54) is 6.33 Å². The highest BCUT2D eigenvalue weighted by Crippen LogP contribution is 2.35. The molecule has 0 atom stereocenters. The number of ether oxygens (including phenoxy) is 2. The Bertz CT molecular complexity index is 821. The van der Waals surface area contributed by atoms with E-state index in [9.17, 15) is 19.7 Å². The van der Waals surface area contributed by atoms with Gasteiger partial charge in [0, 0.05) is 32.2 Å². The highest BCUT2D eigenvalue weighted by atomic mass is 16.6. The Morgan fingerprint density at radius 1 is 1.09 bits per heavy atom. The molecule has 1 aromatic heterocycles. The minimum atomic E-state index is -0.469. The lowest BCUT2D eigenvalue weighted by atomic mass is 9.97. The van der Waals surface area contributed by atoms with Gasteiger partial charge in [-0.05, 0) is 39.5 Å². The summed E-state index contributed by atoms with van der Waals surface area (Å²) in [6.45, 7) is 6.14. The minimum absolute atomic E-state index is 0.0586. The minimum Gasteiger partial charge on any atom is -0.466 e. The van der Waals surface area contributed by atoms with E-state index in [2.05, 4.69) is 15.3 Å². The van der Waals surface area contributed by atoms with Crippen LogP contribution in [0.4, 0.5) is 22.1 Å². The van der Waals surface area contributed by atoms with E-state index in [4.69, 9.17) is 9.47 Å². The average Bonchev–Trinajstić information content (AvgIpc) is 2.79. The van der Waals surface area contributed by atoms with E-state index in [0.29, 0.717) is 65.1 Å². The van der Waals surface area contributed by atoms with Crippen molar-refractivity contribution in [2.45, 2.75) is 45.6 Å². The van der Waals surface area contributed by atoms with Crippen LogP contribution in [0.2, 0.25) is 0 Å². The molecule has 12 nitrogen and oxygen atoms in total. The Morgan fingerprint density at radius 3 is 2.34 bits per heavy atom. The lowest BCUT2D eigenvalue weighted by Crippen LogP contribution is -2.42. The third kappa shape index (κ3) is 5.54. The zero-order chi connectivity index (χ0) is 23.1. The molecule has 0 aliphatic carbocycles. The van der Waals surface area contributed by atoms with Crippen LogP contribution in [0.3, 0.4) is 0 Å². The van der Waals surface area contributed by atoms with Crippen LogP contribution in [-0.2, 0) is 14.3 Å². The van der Waals surface area contributed by atoms with Crippen molar-refractivity contribution in [1.29, 1.82) is 0 Å². The molecule has 0 saturated carbocycles. The second kappa shape index (κ2) is 10.9. The fourth-order valence-corrected chi connectivity index (χ4v) is 4.08. The van der Waals surface area contributed by atoms with Crippen LogP contribution in [-0.4, -0.2) is 77.3 Å². The van der Waals surface area contributed by atoms with Gasteiger partial charge in [0.2, 0.25) is 11.6 Å². The van der Waals surface area contributed by atoms with Crippen LogP contribution in [0, 0.1) is 16.0 Å². The number of aromatic nitrogens is 2. The maximum absolute atomic E-state index is 12.0. The average molecular weight is 450 g/mol. The molecule has 12 heteroatoms. The number of nitrogens with one attached hydrogen (secondary N) is 1. The van der Waals surface area contributed by atoms with Gasteiger partial charge in [0.05, 0.1) is 24.1 Å². The van der Waals surface area contributed by atoms with Crippen molar-refractivity contribution in [2.75, 3.05) is 49.6 Å². The summed E-state index contributed by atoms with van der Waals surface area (Å²) in [5.41, 5.74) is -0.171. The first-order valence-electron chi connectivity index (χ1n) is 11.0. The monoisotopic (exact) mass is 450 g/mol. The Balaban J connectivity index is 1.67. The molecule has 1 aromatic rings. The molecule has 0 spiro atoms. The van der Waals surface area contributed by atoms with Crippen molar-refractivity contribution in [3.8, 4) is 0 Å². The van der Waals surface area contributed by atoms with Crippen LogP contribution in [0.15, 0.2) is 6.33 Å². The smallest absolute Gasteiger partial charge is 0.409 e. The van der Waals surface area contributed by atoms with Crippen molar-refractivity contribution < 1.29 is 24.0 Å². The predicted octanol–water partition coefficient (Wildman–Crippen LogP) is 2.20. The van der Waals surface area contributed by atoms with Crippen molar-refractivity contribution in [2.24, 2.45) is 5.92 Å². The molecule has 1 amide bonds. The number of likely N-dealkylation sites (tertiary alicyclic amines) is 1. The van der Waals surface area contributed by atoms with Gasteiger partial charge in [-0.3, -0.25) is 14.9 Å². The van der Waals surface area contributed by atoms with Gasteiger partial charge < -0.3 is 24.6 Å². The number of rotatable bonds is 7. The maximum atomic E-state index is 12.0. The third-order valence-electron chi connectivity index (χ3n) is 5.76. The summed E-state index contributed by atoms with van der Waals surface area (Å²) in [4.78, 5) is 47.1. The molecule has 3 heterocycles. The summed E-state index contributed by atoms with van der Waals surface area (Å²) in [5.74, 6) is -0.00371. The first-order chi connectivity index (χ1) is 15.4. The van der Waals surface area contributed by atoms with Crippen molar-refractivity contribution in [3.05, 3.63) is 16.4 Å². The SMILES string of the molecule is CCOC(=O)C1CCN(c2ncnc(NC3CCN(C(=O)OCC)CC3)c2[N+](=O)[O-])CC1. The molecular weight excluding hydrogens is 420 g/mol. The zero-order valence-corrected chi connectivity index (χ0v) is 18.5. The Hall–Kier alpha value is -3.18. The number of hydrogen-bond donors (Lipinski definition) is 1. The van der Waals surface area contributed by atoms with Crippen LogP contribution in [0.5, 0.6) is 0 Å². The zero-order valence-electron chi connectivity index (χ0n) is 18.5. The van der Waals surface area contributed by atoms with Crippen LogP contribution >= 0.6 is 0 Å². The van der Waals surface area contributed by atoms with E-state index in [-0.39, 0.29) is 41.3 Å². The molecule has 2 saturated heterocycles. The number of amides is 1. The van der Waals surface area contributed by atoms with Crippen molar-refractivity contribution in [3.63, 3.8) is 0 Å². The van der Waals surface area contributed by atoms with Gasteiger partial charge in [-0.25, -0.2) is 14.8 Å². The number of carbonyl (C=O) groups excluding carboxylic acids is 2. The Kier molecular flexibility index (Phi) is 8.01. The number of hydrogen-bond acceptors (Lipinski definition) is 10. The fourth-order valence-electron chi connectivity index (χ4n) is 4.08. The normalized spacial score (nSPS) is 17.7. The molecule has 3 rings (SSSR count). The molecule has 2 aliphatic rings. The molecule has 0 bridgehead atoms. The number of esters is 1. The number of nitro groups is 1. The largest absolute Gasteiger partial charge is 0.466 e. The van der Waals surface area contributed by atoms with E-state index in [1.54, 1.807) is 18.7 Å². The lowest BCUT2D eigenvalue weighted by molar-refractivity contribution is -0.383. The van der Waals surface area contributed by atoms with Gasteiger partial charge in [-0.1, -0.05) is 0 Å². The topological polar surface area (TPSA) is 140 Å². The van der Waals surface area contributed by atoms with Gasteiger partial charge in [0.15, 0.2) is 0 Å². The molecule has 0 radical (unpaired) electrons. The molecule has 0 aromatic carbocycles. The third-order valence-corrected chi connectivity index (χ3v) is 5.76. The number of anilines is 2. The summed E-state index contributed by atoms with van der Waals surface area (Å²) in [6, 6.07) is -0.0586. The first-order valence-corrected chi connectivity index (χ1v) is 11.0. The second-order valence-electron chi connectivity index (χ2n) is 7.77. The molecule has 2 aliphatic heterocycles. The molecule has 2 fully saturated rings. The van der Waals surface area contributed by atoms with Crippen molar-refractivity contribution >= 4 is 29.4 Å². The molecular formula is C20H30N6O6. The molecule has 0 unspecified atom stereocenters. The summed E-state index contributed by atoms with van der Waals surface area (Å²) in [6.07, 6.45) is 3.33. The van der Waals surface area contributed by atoms with Gasteiger partial charge >= 0.3 is 17.7 Å². The standard InChI is InChI=1S/C20H30N6O6/c1-3-31-19(27)14-5-9-24(10-6-14)18-16(26(29)30)17(21-13-22-18)23-15-7-11-25(12-8-15)20(28)32-4-2/h13-15H,3-12H2,1-2H3,(H,21,22,23). The summed E-state index contributed by atoms with van der Waals surface area (Å²) in [5, 5.41) is 15.1. The highest BCUT2D eigenvalue weighted by Gasteiger charge is 2.33. The van der Waals surface area contributed by atoms with Crippen LogP contribution in [0.1, 0.15) is 39.5 Å². The van der Waals surface area contributed by atoms with Crippen molar-refractivity contribution in [1.82, 2.24) is 14.9 Å². The van der Waals surface area contributed by atoms with E-state index in [1.807, 2.05) is 4.90 Å². The summed E-state index contributed by atoms with van der Waals surface area (Å²) in [7, 11) is 0. The molecule has 32 heavy (non-hydrogen) atoms. The highest BCUT2D eigenvalue weighted by molar-refractivity contribution is 5.74. The fraction of sp³-hybridized carbons (Fsp3) is 0.700. The predicted molar refractivity (Wildman–Crippen MR) is 115 cm³/mol. The van der Waals surface area contributed by atoms with Gasteiger partial charge in [-0.2, -0.15) is 0 Å². The molecule has 176 valence electrons. The Labute approximate surface area is 186 Å². The van der Waals surface area contributed by atoms with E-state index >= 15 is 0 Å². The quantitative estimate of drug-likeness (QED) is 0.373. The lowest BCUT2D eigenvalue weighted by Gasteiger charge is -2.33. The van der Waals surface area contributed by atoms with Gasteiger partial charge in [0.1, 0.15) is 6.33 Å². The molecule has 1 N–H and O–H groups in total. The van der Waals surface area contributed by atoms with E-state index < -0.39 is 4.92 Å². The van der Waals surface area contributed by atoms with Gasteiger partial charge in [0.25, 0.3) is 0 Å². The number of piperidine rings is 2. The van der Waals surface area contributed by atoms with Crippen LogP contribution < -0.4 is 10.2 Å². The summed E-state index contributed by atoms with van der Waals surface area (Å²) >= 11 is 0. The van der Waals surface area contributed by atoms with Gasteiger partial charge in [-0.15, -0.1) is 0 Å². The number of carbonyl (C=O) groups is 2. The second-order valence-corrected chi connectivity index (χ2v) is 7.77. The maximum Gasteiger partial charge on any atom is 0.409 e. The number of nitrogens with zero attached hydrogens (tertiary/aromatic N) is 5. The first kappa shape index (κ1) is 23.5. The summed E-state index contributed by atoms with van der Waals surface area (Å²) < 4.78 is 10.1. The Morgan fingerprint density at radius 2 is 1.75 bits per heavy atom. The van der Waals surface area contributed by atoms with Crippen LogP contribution in [0.25, 0.3) is 0 Å². The van der Waals surface area contributed by atoms with E-state index in [0.717, 1.165) is 0 Å².